The van der Waals surface area contributed by atoms with Crippen molar-refractivity contribution in [3.8, 4) is 0 Å². The first-order valence-corrected chi connectivity index (χ1v) is 5.93. The van der Waals surface area contributed by atoms with Crippen molar-refractivity contribution in [2.75, 3.05) is 21.0 Å². The molecule has 0 unspecified atom stereocenters. The quantitative estimate of drug-likeness (QED) is 0.410. The van der Waals surface area contributed by atoms with E-state index in [1.165, 1.54) is 0 Å². The van der Waals surface area contributed by atoms with Crippen molar-refractivity contribution in [3.63, 3.8) is 0 Å². The number of halogens is 7. The van der Waals surface area contributed by atoms with Gasteiger partial charge in [-0.2, -0.15) is 22.0 Å². The van der Waals surface area contributed by atoms with Crippen LogP contribution in [0, 0.1) is 0 Å². The number of hydrogen-bond acceptors (Lipinski definition) is 4. The third kappa shape index (κ3) is 4.05. The summed E-state index contributed by atoms with van der Waals surface area (Å²) < 4.78 is 99.8. The van der Waals surface area contributed by atoms with Gasteiger partial charge in [-0.15, -0.1) is 0 Å². The molecule has 0 amide bonds. The maximum absolute atomic E-state index is 12.4. The van der Waals surface area contributed by atoms with Crippen LogP contribution in [0.2, 0.25) is 0 Å². The molecule has 0 aromatic heterocycles. The molecule has 4 nitrogen and oxygen atoms in total. The first kappa shape index (κ1) is 17.6. The molecule has 0 aliphatic heterocycles. The number of ether oxygens (including phenoxy) is 1. The maximum atomic E-state index is 12.4. The average Bonchev–Trinajstić information content (AvgIpc) is 2.22. The fourth-order valence-corrected chi connectivity index (χ4v) is 1.82. The second-order valence-corrected chi connectivity index (χ2v) is 5.48. The van der Waals surface area contributed by atoms with E-state index in [0.717, 1.165) is 14.2 Å². The predicted octanol–water partition coefficient (Wildman–Crippen LogP) is 2.17. The van der Waals surface area contributed by atoms with Crippen LogP contribution in [0.3, 0.4) is 0 Å². The zero-order valence-electron chi connectivity index (χ0n) is 9.06. The van der Waals surface area contributed by atoms with Gasteiger partial charge in [0.05, 0.1) is 0 Å². The molecule has 0 atom stereocenters. The van der Waals surface area contributed by atoms with Crippen LogP contribution in [-0.4, -0.2) is 48.2 Å². The number of rotatable bonds is 7. The van der Waals surface area contributed by atoms with Crippen LogP contribution in [0.5, 0.6) is 0 Å². The van der Waals surface area contributed by atoms with Crippen molar-refractivity contribution in [1.29, 1.82) is 0 Å². The highest BCUT2D eigenvalue weighted by molar-refractivity contribution is 6.61. The molecule has 0 rings (SSSR count). The van der Waals surface area contributed by atoms with E-state index in [-0.39, 0.29) is 0 Å². The Morgan fingerprint density at radius 3 is 1.72 bits per heavy atom. The second-order valence-electron chi connectivity index (χ2n) is 2.73. The summed E-state index contributed by atoms with van der Waals surface area (Å²) >= 11 is 0. The van der Waals surface area contributed by atoms with E-state index in [1.807, 2.05) is 0 Å². The summed E-state index contributed by atoms with van der Waals surface area (Å²) in [5, 5.41) is 0. The molecule has 0 radical (unpaired) electrons. The monoisotopic (exact) mass is 306 g/mol. The lowest BCUT2D eigenvalue weighted by atomic mass is 10.6. The lowest BCUT2D eigenvalue weighted by molar-refractivity contribution is -0.402. The van der Waals surface area contributed by atoms with E-state index >= 15 is 0 Å². The summed E-state index contributed by atoms with van der Waals surface area (Å²) in [6.45, 7) is -1.76. The van der Waals surface area contributed by atoms with Gasteiger partial charge in [0.1, 0.15) is 6.79 Å². The minimum absolute atomic E-state index is 0.740. The molecule has 0 bridgehead atoms. The van der Waals surface area contributed by atoms with E-state index in [9.17, 15) is 30.7 Å². The predicted molar refractivity (Wildman–Crippen MR) is 43.8 cm³/mol. The van der Waals surface area contributed by atoms with Crippen molar-refractivity contribution < 1.29 is 48.7 Å². The van der Waals surface area contributed by atoms with Crippen LogP contribution in [0.15, 0.2) is 0 Å². The third-order valence-electron chi connectivity index (χ3n) is 1.67. The standard InChI is InChI=1S/C6H9F7O4Si/c1-14-18(15-2,4(7)8)17-3-16-6(12,13)5(9,10)11/h4H,3H2,1-2H3. The lowest BCUT2D eigenvalue weighted by Crippen LogP contribution is -2.52. The smallest absolute Gasteiger partial charge is 0.374 e. The van der Waals surface area contributed by atoms with Crippen LogP contribution in [0.25, 0.3) is 0 Å². The minimum Gasteiger partial charge on any atom is -0.374 e. The Hall–Kier alpha value is -0.433. The van der Waals surface area contributed by atoms with Gasteiger partial charge in [-0.25, -0.2) is 8.78 Å². The lowest BCUT2D eigenvalue weighted by Gasteiger charge is -2.26. The molecule has 0 N–H and O–H groups in total. The van der Waals surface area contributed by atoms with E-state index in [4.69, 9.17) is 0 Å². The van der Waals surface area contributed by atoms with Gasteiger partial charge in [0.15, 0.2) is 0 Å². The van der Waals surface area contributed by atoms with Crippen LogP contribution in [0.4, 0.5) is 30.7 Å². The summed E-state index contributed by atoms with van der Waals surface area (Å²) in [6.07, 6.45) is -11.5. The minimum atomic E-state index is -5.98. The van der Waals surface area contributed by atoms with E-state index in [1.54, 1.807) is 0 Å². The van der Waals surface area contributed by atoms with Gasteiger partial charge in [0, 0.05) is 14.2 Å². The fourth-order valence-electron chi connectivity index (χ4n) is 0.710. The van der Waals surface area contributed by atoms with Crippen LogP contribution in [-0.2, 0) is 18.0 Å². The molecule has 0 saturated carbocycles. The summed E-state index contributed by atoms with van der Waals surface area (Å²) in [6, 6.07) is -3.32. The van der Waals surface area contributed by atoms with Crippen LogP contribution in [0.1, 0.15) is 0 Å². The normalized spacial score (nSPS) is 14.3. The first-order valence-electron chi connectivity index (χ1n) is 4.13. The van der Waals surface area contributed by atoms with Gasteiger partial charge >= 0.3 is 27.1 Å². The van der Waals surface area contributed by atoms with E-state index in [2.05, 4.69) is 18.0 Å². The highest BCUT2D eigenvalue weighted by Gasteiger charge is 2.60. The summed E-state index contributed by atoms with van der Waals surface area (Å²) in [4.78, 5) is 0. The topological polar surface area (TPSA) is 36.9 Å². The Kier molecular flexibility index (Phi) is 5.99. The van der Waals surface area contributed by atoms with Crippen molar-refractivity contribution in [2.45, 2.75) is 18.3 Å². The molecule has 18 heavy (non-hydrogen) atoms. The van der Waals surface area contributed by atoms with E-state index < -0.39 is 33.9 Å². The molecule has 0 saturated heterocycles. The van der Waals surface area contributed by atoms with Crippen molar-refractivity contribution in [2.24, 2.45) is 0 Å². The molecule has 0 aromatic carbocycles. The fraction of sp³-hybridized carbons (Fsp3) is 1.00. The molecular formula is C6H9F7O4Si. The molecule has 0 fully saturated rings. The molecule has 0 heterocycles. The maximum Gasteiger partial charge on any atom is 0.572 e. The highest BCUT2D eigenvalue weighted by Crippen LogP contribution is 2.36. The summed E-state index contributed by atoms with van der Waals surface area (Å²) in [5.74, 6) is 0. The SMILES string of the molecule is CO[Si](OC)(OCOC(F)(F)C(F)(F)F)C(F)F. The number of alkyl halides is 7. The van der Waals surface area contributed by atoms with Gasteiger partial charge in [-0.05, 0) is 0 Å². The van der Waals surface area contributed by atoms with Gasteiger partial charge in [0.2, 0.25) is 0 Å². The van der Waals surface area contributed by atoms with Crippen LogP contribution >= 0.6 is 0 Å². The van der Waals surface area contributed by atoms with Crippen molar-refractivity contribution in [1.82, 2.24) is 0 Å². The zero-order valence-corrected chi connectivity index (χ0v) is 10.1. The van der Waals surface area contributed by atoms with Crippen molar-refractivity contribution in [3.05, 3.63) is 0 Å². The Labute approximate surface area is 97.9 Å². The van der Waals surface area contributed by atoms with Gasteiger partial charge in [-0.1, -0.05) is 0 Å². The summed E-state index contributed by atoms with van der Waals surface area (Å²) in [7, 11) is -3.16. The van der Waals surface area contributed by atoms with Crippen LogP contribution < -0.4 is 0 Å². The largest absolute Gasteiger partial charge is 0.572 e. The van der Waals surface area contributed by atoms with Gasteiger partial charge < -0.3 is 13.3 Å². The van der Waals surface area contributed by atoms with Crippen molar-refractivity contribution >= 4 is 8.80 Å². The molecule has 0 aliphatic rings. The third-order valence-corrected chi connectivity index (χ3v) is 3.86. The Balaban J connectivity index is 4.49. The van der Waals surface area contributed by atoms with Gasteiger partial charge in [-0.3, -0.25) is 4.74 Å². The first-order chi connectivity index (χ1) is 8.02. The Bertz CT molecular complexity index is 255. The Morgan fingerprint density at radius 1 is 1.00 bits per heavy atom. The molecule has 0 aromatic rings. The highest BCUT2D eigenvalue weighted by atomic mass is 28.4. The second kappa shape index (κ2) is 6.14. The van der Waals surface area contributed by atoms with E-state index in [0.29, 0.717) is 0 Å². The molecular weight excluding hydrogens is 297 g/mol. The molecule has 110 valence electrons. The summed E-state index contributed by atoms with van der Waals surface area (Å²) in [5.41, 5.74) is 0. The zero-order chi connectivity index (χ0) is 14.6. The Morgan fingerprint density at radius 2 is 1.44 bits per heavy atom. The molecule has 0 spiro atoms. The number of hydrogen-bond donors (Lipinski definition) is 0. The average molecular weight is 306 g/mol. The van der Waals surface area contributed by atoms with Gasteiger partial charge in [0.25, 0.3) is 0 Å². The molecule has 0 aliphatic carbocycles. The molecule has 12 heteroatoms.